The Labute approximate surface area is 150 Å². The lowest BCUT2D eigenvalue weighted by molar-refractivity contribution is 0.0877. The van der Waals surface area contributed by atoms with Crippen LogP contribution in [0.5, 0.6) is 0 Å². The van der Waals surface area contributed by atoms with E-state index in [9.17, 15) is 16.8 Å². The number of rotatable bonds is 5. The second kappa shape index (κ2) is 6.98. The van der Waals surface area contributed by atoms with Crippen LogP contribution in [-0.4, -0.2) is 57.9 Å². The second-order valence-electron chi connectivity index (χ2n) is 7.01. The van der Waals surface area contributed by atoms with E-state index >= 15 is 0 Å². The number of hydrogen-bond donors (Lipinski definition) is 0. The lowest BCUT2D eigenvalue weighted by atomic mass is 10.1. The molecule has 0 saturated carbocycles. The van der Waals surface area contributed by atoms with Crippen LogP contribution in [0.25, 0.3) is 0 Å². The van der Waals surface area contributed by atoms with E-state index in [1.54, 1.807) is 18.2 Å². The van der Waals surface area contributed by atoms with Crippen molar-refractivity contribution < 1.29 is 21.6 Å². The third kappa shape index (κ3) is 4.07. The molecule has 140 valence electrons. The predicted molar refractivity (Wildman–Crippen MR) is 95.8 cm³/mol. The van der Waals surface area contributed by atoms with Crippen LogP contribution in [0, 0.1) is 13.8 Å². The fourth-order valence-corrected chi connectivity index (χ4v) is 7.04. The molecular weight excluding hydrogens is 362 g/mol. The van der Waals surface area contributed by atoms with Crippen LogP contribution < -0.4 is 0 Å². The van der Waals surface area contributed by atoms with Crippen LogP contribution in [-0.2, 0) is 24.6 Å². The first-order valence-electron chi connectivity index (χ1n) is 8.60. The maximum absolute atomic E-state index is 13.3. The molecule has 2 aliphatic rings. The third-order valence-electron chi connectivity index (χ3n) is 5.11. The minimum Gasteiger partial charge on any atom is -0.377 e. The lowest BCUT2D eigenvalue weighted by Gasteiger charge is -2.29. The van der Waals surface area contributed by atoms with Gasteiger partial charge in [-0.2, -0.15) is 4.31 Å². The standard InChI is InChI=1S/C17H25NO5S2/c1-13-5-6-17(10-14(13)2)25(21,22)18(11-16-4-3-8-23-16)15-7-9-24(19,20)12-15/h5-6,10,15-16H,3-4,7-9,11-12H2,1-2H3/t15-,16+/m1/s1. The van der Waals surface area contributed by atoms with Crippen molar-refractivity contribution in [3.8, 4) is 0 Å². The summed E-state index contributed by atoms with van der Waals surface area (Å²) in [7, 11) is -6.95. The summed E-state index contributed by atoms with van der Waals surface area (Å²) in [6, 6.07) is 4.54. The van der Waals surface area contributed by atoms with Gasteiger partial charge < -0.3 is 4.74 Å². The van der Waals surface area contributed by atoms with Crippen molar-refractivity contribution >= 4 is 19.9 Å². The van der Waals surface area contributed by atoms with Crippen LogP contribution in [0.2, 0.25) is 0 Å². The molecule has 3 rings (SSSR count). The Morgan fingerprint density at radius 1 is 1.20 bits per heavy atom. The van der Waals surface area contributed by atoms with Gasteiger partial charge in [-0.25, -0.2) is 16.8 Å². The Balaban J connectivity index is 1.95. The highest BCUT2D eigenvalue weighted by molar-refractivity contribution is 7.92. The summed E-state index contributed by atoms with van der Waals surface area (Å²) in [5.74, 6) is -0.0636. The minimum atomic E-state index is -3.77. The summed E-state index contributed by atoms with van der Waals surface area (Å²) in [6.45, 7) is 4.65. The molecule has 0 amide bonds. The first kappa shape index (κ1) is 18.8. The van der Waals surface area contributed by atoms with E-state index in [0.717, 1.165) is 24.0 Å². The van der Waals surface area contributed by atoms with Crippen molar-refractivity contribution in [2.45, 2.75) is 50.2 Å². The van der Waals surface area contributed by atoms with E-state index < -0.39 is 25.9 Å². The molecule has 2 heterocycles. The SMILES string of the molecule is Cc1ccc(S(=O)(=O)N(C[C@@H]2CCCO2)[C@@H]2CCS(=O)(=O)C2)cc1C. The topological polar surface area (TPSA) is 80.8 Å². The molecule has 2 saturated heterocycles. The largest absolute Gasteiger partial charge is 0.377 e. The third-order valence-corrected chi connectivity index (χ3v) is 8.77. The van der Waals surface area contributed by atoms with Crippen molar-refractivity contribution in [3.05, 3.63) is 29.3 Å². The maximum Gasteiger partial charge on any atom is 0.243 e. The van der Waals surface area contributed by atoms with Crippen molar-refractivity contribution in [1.82, 2.24) is 4.31 Å². The molecule has 2 atom stereocenters. The van der Waals surface area contributed by atoms with E-state index in [4.69, 9.17) is 4.74 Å². The van der Waals surface area contributed by atoms with Crippen LogP contribution in [0.15, 0.2) is 23.1 Å². The van der Waals surface area contributed by atoms with Gasteiger partial charge in [-0.05, 0) is 56.4 Å². The Morgan fingerprint density at radius 3 is 2.52 bits per heavy atom. The zero-order valence-electron chi connectivity index (χ0n) is 14.6. The van der Waals surface area contributed by atoms with Crippen molar-refractivity contribution in [2.24, 2.45) is 0 Å². The molecule has 6 nitrogen and oxygen atoms in total. The molecule has 0 unspecified atom stereocenters. The number of sulfonamides is 1. The first-order valence-corrected chi connectivity index (χ1v) is 11.9. The minimum absolute atomic E-state index is 0.0438. The number of ether oxygens (including phenoxy) is 1. The number of aryl methyl sites for hydroxylation is 2. The molecule has 0 aliphatic carbocycles. The summed E-state index contributed by atoms with van der Waals surface area (Å²) in [6.07, 6.45) is 1.90. The highest BCUT2D eigenvalue weighted by Gasteiger charge is 2.40. The Morgan fingerprint density at radius 2 is 1.96 bits per heavy atom. The maximum atomic E-state index is 13.3. The van der Waals surface area contributed by atoms with Gasteiger partial charge in [0.05, 0.1) is 22.5 Å². The zero-order valence-corrected chi connectivity index (χ0v) is 16.3. The van der Waals surface area contributed by atoms with Crippen LogP contribution >= 0.6 is 0 Å². The molecule has 0 aromatic heterocycles. The van der Waals surface area contributed by atoms with Crippen LogP contribution in [0.3, 0.4) is 0 Å². The van der Waals surface area contributed by atoms with Gasteiger partial charge in [-0.1, -0.05) is 6.07 Å². The van der Waals surface area contributed by atoms with E-state index in [1.165, 1.54) is 4.31 Å². The summed E-state index contributed by atoms with van der Waals surface area (Å²) in [5.41, 5.74) is 1.92. The van der Waals surface area contributed by atoms with E-state index in [-0.39, 0.29) is 29.0 Å². The smallest absolute Gasteiger partial charge is 0.243 e. The highest BCUT2D eigenvalue weighted by Crippen LogP contribution is 2.28. The molecule has 1 aromatic carbocycles. The molecule has 2 fully saturated rings. The molecule has 1 aromatic rings. The molecule has 0 radical (unpaired) electrons. The van der Waals surface area contributed by atoms with Gasteiger partial charge >= 0.3 is 0 Å². The quantitative estimate of drug-likeness (QED) is 0.768. The molecule has 0 bridgehead atoms. The van der Waals surface area contributed by atoms with E-state index in [2.05, 4.69) is 0 Å². The molecule has 25 heavy (non-hydrogen) atoms. The average Bonchev–Trinajstić information content (AvgIpc) is 3.16. The van der Waals surface area contributed by atoms with Gasteiger partial charge in [-0.15, -0.1) is 0 Å². The van der Waals surface area contributed by atoms with Crippen molar-refractivity contribution in [2.75, 3.05) is 24.7 Å². The van der Waals surface area contributed by atoms with Gasteiger partial charge in [0.25, 0.3) is 0 Å². The monoisotopic (exact) mass is 387 g/mol. The molecule has 0 N–H and O–H groups in total. The zero-order chi connectivity index (χ0) is 18.2. The van der Waals surface area contributed by atoms with Gasteiger partial charge in [0.15, 0.2) is 9.84 Å². The molecule has 2 aliphatic heterocycles. The van der Waals surface area contributed by atoms with Gasteiger partial charge in [0, 0.05) is 19.2 Å². The number of nitrogens with zero attached hydrogens (tertiary/aromatic N) is 1. The Kier molecular flexibility index (Phi) is 5.26. The van der Waals surface area contributed by atoms with Crippen molar-refractivity contribution in [3.63, 3.8) is 0 Å². The predicted octanol–water partition coefficient (Wildman–Crippen LogP) is 1.66. The van der Waals surface area contributed by atoms with Crippen molar-refractivity contribution in [1.29, 1.82) is 0 Å². The van der Waals surface area contributed by atoms with Gasteiger partial charge in [0.2, 0.25) is 10.0 Å². The lowest BCUT2D eigenvalue weighted by Crippen LogP contribution is -2.45. The highest BCUT2D eigenvalue weighted by atomic mass is 32.2. The molecular formula is C17H25NO5S2. The average molecular weight is 388 g/mol. The normalized spacial score (nSPS) is 26.4. The van der Waals surface area contributed by atoms with E-state index in [1.807, 2.05) is 13.8 Å². The molecule has 0 spiro atoms. The summed E-state index contributed by atoms with van der Waals surface area (Å²) in [5, 5.41) is 0. The number of hydrogen-bond acceptors (Lipinski definition) is 5. The summed E-state index contributed by atoms with van der Waals surface area (Å²) in [4.78, 5) is 0.220. The van der Waals surface area contributed by atoms with Crippen LogP contribution in [0.1, 0.15) is 30.4 Å². The van der Waals surface area contributed by atoms with E-state index in [0.29, 0.717) is 13.0 Å². The Hall–Kier alpha value is -0.960. The van der Waals surface area contributed by atoms with Crippen LogP contribution in [0.4, 0.5) is 0 Å². The fraction of sp³-hybridized carbons (Fsp3) is 0.647. The Bertz CT molecular complexity index is 842. The fourth-order valence-electron chi connectivity index (χ4n) is 3.44. The number of sulfone groups is 1. The van der Waals surface area contributed by atoms with Gasteiger partial charge in [-0.3, -0.25) is 0 Å². The molecule has 8 heteroatoms. The number of benzene rings is 1. The summed E-state index contributed by atoms with van der Waals surface area (Å²) < 4.78 is 57.3. The van der Waals surface area contributed by atoms with Gasteiger partial charge in [0.1, 0.15) is 0 Å². The summed E-state index contributed by atoms with van der Waals surface area (Å²) >= 11 is 0. The first-order chi connectivity index (χ1) is 11.7. The second-order valence-corrected chi connectivity index (χ2v) is 11.1.